The smallest absolute Gasteiger partial charge is 0.198 e. The van der Waals surface area contributed by atoms with Crippen molar-refractivity contribution in [2.45, 2.75) is 168 Å². The first kappa shape index (κ1) is 47.0. The number of benzene rings is 7. The molecule has 0 unspecified atom stereocenters. The number of nitrogens with one attached hydrogen (secondary N) is 1. The van der Waals surface area contributed by atoms with Crippen molar-refractivity contribution in [3.05, 3.63) is 160 Å². The number of anilines is 5. The molecule has 366 valence electrons. The Kier molecular flexibility index (Phi) is 10.3. The van der Waals surface area contributed by atoms with E-state index in [9.17, 15) is 0 Å². The number of aryl methyl sites for hydroxylation is 2. The predicted octanol–water partition coefficient (Wildman–Crippen LogP) is 17.5. The summed E-state index contributed by atoms with van der Waals surface area (Å²) in [6.07, 6.45) is 7.04. The van der Waals surface area contributed by atoms with Crippen LogP contribution >= 0.6 is 0 Å². The summed E-state index contributed by atoms with van der Waals surface area (Å²) in [6.45, 7) is 33.8. The lowest BCUT2D eigenvalue weighted by Crippen LogP contribution is -2.41. The van der Waals surface area contributed by atoms with Gasteiger partial charge in [0.25, 0.3) is 0 Å². The highest BCUT2D eigenvalue weighted by molar-refractivity contribution is 6.73. The second-order valence-corrected chi connectivity index (χ2v) is 26.8. The summed E-state index contributed by atoms with van der Waals surface area (Å²) in [4.78, 5) is 2.64. The van der Waals surface area contributed by atoms with Gasteiger partial charge >= 0.3 is 0 Å². The van der Waals surface area contributed by atoms with E-state index in [0.717, 1.165) is 41.8 Å². The fourth-order valence-electron chi connectivity index (χ4n) is 13.8. The predicted molar refractivity (Wildman–Crippen MR) is 311 cm³/mol. The van der Waals surface area contributed by atoms with Gasteiger partial charge in [-0.2, -0.15) is 0 Å². The van der Waals surface area contributed by atoms with Crippen LogP contribution < -0.4 is 21.1 Å². The first-order valence-corrected chi connectivity index (χ1v) is 27.2. The maximum atomic E-state index is 7.44. The monoisotopic (exact) mass is 947 g/mol. The number of furan rings is 1. The molecule has 1 aromatic heterocycles. The van der Waals surface area contributed by atoms with Crippen molar-refractivity contribution >= 4 is 68.6 Å². The fraction of sp³-hybridized carbons (Fsp3) is 0.382. The largest absolute Gasteiger partial charge is 0.455 e. The van der Waals surface area contributed by atoms with Crippen LogP contribution in [-0.2, 0) is 32.5 Å². The van der Waals surface area contributed by atoms with Crippen molar-refractivity contribution in [1.29, 1.82) is 0 Å². The van der Waals surface area contributed by atoms with E-state index < -0.39 is 0 Å². The zero-order chi connectivity index (χ0) is 50.7. The maximum Gasteiger partial charge on any atom is 0.198 e. The Morgan fingerprint density at radius 1 is 0.472 bits per heavy atom. The SMILES string of the molecule is Cc1cc(-c2c(Nc3ccc4c(c3)C(C)(C)CCC4(C)C)ccc3c2oc2cc4c(cc23)C(C)(C)CCC4(C)C)c2c(c1)N(c1cc3c(cc1C)C(C)(C)CCC3(C)C)c1cc(-c3ccccc3)ccc1B2. The lowest BCUT2D eigenvalue weighted by Gasteiger charge is -2.44. The molecule has 3 nitrogen and oxygen atoms in total. The van der Waals surface area contributed by atoms with Gasteiger partial charge in [0.1, 0.15) is 11.2 Å². The maximum absolute atomic E-state index is 7.44. The Hall–Kier alpha value is -6.00. The van der Waals surface area contributed by atoms with Gasteiger partial charge in [-0.05, 0) is 206 Å². The summed E-state index contributed by atoms with van der Waals surface area (Å²) in [7, 11) is 0.795. The van der Waals surface area contributed by atoms with Gasteiger partial charge in [-0.3, -0.25) is 0 Å². The summed E-state index contributed by atoms with van der Waals surface area (Å²) in [5, 5.41) is 6.48. The van der Waals surface area contributed by atoms with Gasteiger partial charge < -0.3 is 14.6 Å². The minimum atomic E-state index is 0.0568. The van der Waals surface area contributed by atoms with E-state index in [-0.39, 0.29) is 32.5 Å². The lowest BCUT2D eigenvalue weighted by molar-refractivity contribution is 0.332. The summed E-state index contributed by atoms with van der Waals surface area (Å²) in [5.74, 6) is 0. The van der Waals surface area contributed by atoms with Crippen LogP contribution in [-0.4, -0.2) is 7.28 Å². The summed E-state index contributed by atoms with van der Waals surface area (Å²) in [6, 6.07) is 44.9. The van der Waals surface area contributed by atoms with Gasteiger partial charge in [0.2, 0.25) is 0 Å². The Morgan fingerprint density at radius 2 is 1.06 bits per heavy atom. The van der Waals surface area contributed by atoms with Crippen molar-refractivity contribution in [3.8, 4) is 22.3 Å². The van der Waals surface area contributed by atoms with E-state index in [2.05, 4.69) is 222 Å². The molecule has 0 saturated carbocycles. The second kappa shape index (κ2) is 15.8. The molecule has 7 aromatic carbocycles. The van der Waals surface area contributed by atoms with Crippen LogP contribution in [0.4, 0.5) is 28.4 Å². The topological polar surface area (TPSA) is 28.4 Å². The number of fused-ring (bicyclic) bond motifs is 8. The lowest BCUT2D eigenvalue weighted by atomic mass is 9.57. The van der Waals surface area contributed by atoms with E-state index >= 15 is 0 Å². The molecule has 4 aliphatic rings. The molecule has 8 aromatic rings. The Bertz CT molecular complexity index is 3560. The highest BCUT2D eigenvalue weighted by Gasteiger charge is 2.41. The second-order valence-electron chi connectivity index (χ2n) is 26.8. The fourth-order valence-corrected chi connectivity index (χ4v) is 13.8. The molecule has 0 amide bonds. The summed E-state index contributed by atoms with van der Waals surface area (Å²) >= 11 is 0. The van der Waals surface area contributed by atoms with Gasteiger partial charge in [-0.15, -0.1) is 0 Å². The third kappa shape index (κ3) is 7.34. The van der Waals surface area contributed by atoms with Gasteiger partial charge in [-0.1, -0.05) is 149 Å². The van der Waals surface area contributed by atoms with Crippen LogP contribution in [0, 0.1) is 13.8 Å². The average molecular weight is 947 g/mol. The standard InChI is InChI=1S/C68H75BN2O/c1-40-32-47(61-58(33-40)71(57-35-43(20-24-54(57)69-61)42-18-16-15-17-19-42)56-38-52-49(34-41(56)2)64(5,6)28-30-67(52,11)12)60-55(70-44-21-23-48-50(36-44)65(7,8)27-26-63(48,3)4)25-22-45-46-37-51-53(39-59(46)72-62(45)60)68(13,14)31-29-66(51,9)10/h15-25,32-39,69-70H,26-31H2,1-14H3. The van der Waals surface area contributed by atoms with Crippen LogP contribution in [0.2, 0.25) is 0 Å². The zero-order valence-corrected chi connectivity index (χ0v) is 45.8. The molecule has 4 heteroatoms. The zero-order valence-electron chi connectivity index (χ0n) is 45.8. The molecular formula is C68H75BN2O. The van der Waals surface area contributed by atoms with Crippen LogP contribution in [0.15, 0.2) is 120 Å². The Labute approximate surface area is 431 Å². The van der Waals surface area contributed by atoms with Gasteiger partial charge in [-0.25, -0.2) is 0 Å². The van der Waals surface area contributed by atoms with Crippen LogP contribution in [0.5, 0.6) is 0 Å². The first-order chi connectivity index (χ1) is 33.9. The number of hydrogen-bond acceptors (Lipinski definition) is 3. The molecule has 72 heavy (non-hydrogen) atoms. The summed E-state index contributed by atoms with van der Waals surface area (Å²) < 4.78 is 7.44. The molecule has 0 saturated heterocycles. The minimum Gasteiger partial charge on any atom is -0.455 e. The molecule has 0 fully saturated rings. The van der Waals surface area contributed by atoms with Crippen LogP contribution in [0.3, 0.4) is 0 Å². The molecule has 0 spiro atoms. The molecule has 0 atom stereocenters. The third-order valence-electron chi connectivity index (χ3n) is 18.8. The van der Waals surface area contributed by atoms with E-state index in [4.69, 9.17) is 4.42 Å². The van der Waals surface area contributed by atoms with E-state index in [1.54, 1.807) is 0 Å². The van der Waals surface area contributed by atoms with E-state index in [1.807, 2.05) is 0 Å². The molecule has 1 aliphatic heterocycles. The number of nitrogens with zero attached hydrogens (tertiary/aromatic N) is 1. The van der Waals surface area contributed by atoms with E-state index in [1.165, 1.54) is 132 Å². The molecule has 12 rings (SSSR count). The quantitative estimate of drug-likeness (QED) is 0.174. The van der Waals surface area contributed by atoms with E-state index in [0.29, 0.717) is 0 Å². The first-order valence-electron chi connectivity index (χ1n) is 27.2. The molecule has 0 bridgehead atoms. The Balaban J connectivity index is 1.13. The highest BCUT2D eigenvalue weighted by atomic mass is 16.3. The van der Waals surface area contributed by atoms with Gasteiger partial charge in [0.15, 0.2) is 7.28 Å². The third-order valence-corrected chi connectivity index (χ3v) is 18.8. The molecule has 3 aliphatic carbocycles. The molecule has 1 N–H and O–H groups in total. The number of rotatable bonds is 5. The van der Waals surface area contributed by atoms with Crippen LogP contribution in [0.1, 0.15) is 166 Å². The van der Waals surface area contributed by atoms with Crippen molar-refractivity contribution < 1.29 is 4.42 Å². The average Bonchev–Trinajstić information content (AvgIpc) is 3.70. The highest BCUT2D eigenvalue weighted by Crippen LogP contribution is 2.53. The van der Waals surface area contributed by atoms with Crippen molar-refractivity contribution in [2.24, 2.45) is 0 Å². The summed E-state index contributed by atoms with van der Waals surface area (Å²) in [5.41, 5.74) is 27.2. The van der Waals surface area contributed by atoms with Crippen molar-refractivity contribution in [2.75, 3.05) is 10.2 Å². The van der Waals surface area contributed by atoms with Crippen molar-refractivity contribution in [1.82, 2.24) is 0 Å². The molecular weight excluding hydrogens is 872 g/mol. The van der Waals surface area contributed by atoms with Crippen LogP contribution in [0.25, 0.3) is 44.2 Å². The molecule has 2 heterocycles. The number of hydrogen-bond donors (Lipinski definition) is 1. The minimum absolute atomic E-state index is 0.0568. The van der Waals surface area contributed by atoms with Crippen molar-refractivity contribution in [3.63, 3.8) is 0 Å². The Morgan fingerprint density at radius 3 is 1.71 bits per heavy atom. The van der Waals surface area contributed by atoms with Gasteiger partial charge in [0.05, 0.1) is 5.69 Å². The van der Waals surface area contributed by atoms with Gasteiger partial charge in [0, 0.05) is 39.1 Å². The normalized spacial score (nSPS) is 19.4. The molecule has 0 radical (unpaired) electrons.